The molecule has 1 N–H and O–H groups in total. The Morgan fingerprint density at radius 3 is 1.67 bits per heavy atom. The van der Waals surface area contributed by atoms with Crippen LogP contribution in [0.25, 0.3) is 0 Å². The molecule has 2 amide bonds. The number of non-ortho nitro benzene ring substituents is 3. The fraction of sp³-hybridized carbons (Fsp3) is 0.294. The Balaban J connectivity index is 1.13. The maximum absolute atomic E-state index is 13.4. The van der Waals surface area contributed by atoms with Crippen molar-refractivity contribution in [3.63, 3.8) is 0 Å². The highest BCUT2D eigenvalue weighted by Crippen LogP contribution is 2.51. The van der Waals surface area contributed by atoms with Crippen LogP contribution in [0.4, 0.5) is 26.7 Å². The number of hydrogen-bond acceptors (Lipinski definition) is 15. The highest BCUT2D eigenvalue weighted by atomic mass is 32.2. The third kappa shape index (κ3) is 9.85. The number of allylic oxidation sites excluding steroid dienone is 1. The predicted octanol–water partition coefficient (Wildman–Crippen LogP) is 5.65. The molecule has 0 bridgehead atoms. The molecule has 0 aliphatic carbocycles. The lowest BCUT2D eigenvalue weighted by atomic mass is 9.98. The van der Waals surface area contributed by atoms with Gasteiger partial charge in [-0.3, -0.25) is 40.0 Å². The molecular formula is C34H31N5O14S. The summed E-state index contributed by atoms with van der Waals surface area (Å²) < 4.78 is 20.9. The van der Waals surface area contributed by atoms with Crippen molar-refractivity contribution in [1.82, 2.24) is 10.2 Å². The molecule has 1 saturated heterocycles. The van der Waals surface area contributed by atoms with Gasteiger partial charge in [0, 0.05) is 47.8 Å². The highest BCUT2D eigenvalue weighted by Gasteiger charge is 2.56. The number of rotatable bonds is 17. The van der Waals surface area contributed by atoms with Gasteiger partial charge in [-0.2, -0.15) is 0 Å². The van der Waals surface area contributed by atoms with Gasteiger partial charge in [0.15, 0.2) is 0 Å². The second-order valence-corrected chi connectivity index (χ2v) is 13.0. The van der Waals surface area contributed by atoms with Gasteiger partial charge in [0.1, 0.15) is 43.4 Å². The molecular weight excluding hydrogens is 734 g/mol. The molecule has 1 fully saturated rings. The van der Waals surface area contributed by atoms with Gasteiger partial charge in [-0.25, -0.2) is 14.4 Å². The number of esters is 1. The molecule has 0 aromatic heterocycles. The second-order valence-electron chi connectivity index (χ2n) is 11.8. The van der Waals surface area contributed by atoms with E-state index in [4.69, 9.17) is 18.9 Å². The largest absolute Gasteiger partial charge is 0.508 e. The summed E-state index contributed by atoms with van der Waals surface area (Å²) in [6.07, 6.45) is -0.473. The van der Waals surface area contributed by atoms with E-state index in [1.165, 1.54) is 89.5 Å². The fourth-order valence-corrected chi connectivity index (χ4v) is 6.80. The van der Waals surface area contributed by atoms with E-state index in [9.17, 15) is 49.5 Å². The third-order valence-electron chi connectivity index (χ3n) is 8.13. The van der Waals surface area contributed by atoms with Crippen LogP contribution in [0.5, 0.6) is 0 Å². The molecule has 0 saturated carbocycles. The number of nitro groups is 3. The summed E-state index contributed by atoms with van der Waals surface area (Å²) in [5, 5.41) is 34.6. The predicted molar refractivity (Wildman–Crippen MR) is 186 cm³/mol. The summed E-state index contributed by atoms with van der Waals surface area (Å²) in [6.45, 7) is -0.642. The molecule has 0 spiro atoms. The summed E-state index contributed by atoms with van der Waals surface area (Å²) in [5.41, 5.74) is 1.22. The number of hydrogen-bond donors (Lipinski definition) is 1. The van der Waals surface area contributed by atoms with Crippen molar-refractivity contribution in [2.24, 2.45) is 5.92 Å². The van der Waals surface area contributed by atoms with E-state index < -0.39 is 50.2 Å². The summed E-state index contributed by atoms with van der Waals surface area (Å²) in [7, 11) is 0. The number of unbranched alkanes of at least 4 members (excludes halogenated alkanes) is 1. The van der Waals surface area contributed by atoms with Gasteiger partial charge in [0.2, 0.25) is 5.91 Å². The molecule has 2 atom stereocenters. The van der Waals surface area contributed by atoms with Crippen LogP contribution in [0.1, 0.15) is 36.0 Å². The molecule has 2 heterocycles. The van der Waals surface area contributed by atoms with Crippen molar-refractivity contribution in [1.29, 1.82) is 0 Å². The number of ether oxygens (including phenoxy) is 4. The quantitative estimate of drug-likeness (QED) is 0.0435. The minimum atomic E-state index is -1.06. The average Bonchev–Trinajstić information content (AvgIpc) is 3.50. The van der Waals surface area contributed by atoms with Crippen molar-refractivity contribution in [2.75, 3.05) is 13.2 Å². The number of fused-ring (bicyclic) bond motifs is 1. The zero-order valence-corrected chi connectivity index (χ0v) is 29.0. The highest BCUT2D eigenvalue weighted by molar-refractivity contribution is 8.04. The van der Waals surface area contributed by atoms with Crippen LogP contribution in [-0.4, -0.2) is 62.3 Å². The number of benzene rings is 3. The van der Waals surface area contributed by atoms with Gasteiger partial charge in [-0.15, -0.1) is 11.8 Å². The standard InChI is InChI=1S/C34H31N5O14S/c40-30-27(20-53-34(43)52-19-23-8-14-26(15-9-23)39(48)49)31-36(30)29(32(41)50-17-21-4-10-24(11-5-21)37(44)45)28(54-31)3-1-2-16-35-33(42)51-18-22-6-12-25(13-7-22)38(46)47/h4-15,27,31H,1-3,16-20H2,(H,35,42)/t27-,31+/m0/s1. The van der Waals surface area contributed by atoms with Gasteiger partial charge in [-0.05, 0) is 72.4 Å². The van der Waals surface area contributed by atoms with E-state index in [1.807, 2.05) is 0 Å². The van der Waals surface area contributed by atoms with Crippen LogP contribution in [0.15, 0.2) is 83.4 Å². The zero-order valence-electron chi connectivity index (χ0n) is 28.2. The van der Waals surface area contributed by atoms with E-state index in [1.54, 1.807) is 0 Å². The van der Waals surface area contributed by atoms with Gasteiger partial charge in [0.05, 0.1) is 14.8 Å². The lowest BCUT2D eigenvalue weighted by molar-refractivity contribution is -0.385. The van der Waals surface area contributed by atoms with E-state index in [2.05, 4.69) is 5.32 Å². The molecule has 19 nitrogen and oxygen atoms in total. The molecule has 0 unspecified atom stereocenters. The van der Waals surface area contributed by atoms with Crippen LogP contribution in [0.2, 0.25) is 0 Å². The Bertz CT molecular complexity index is 1950. The normalized spacial score (nSPS) is 15.8. The Morgan fingerprint density at radius 2 is 1.17 bits per heavy atom. The lowest BCUT2D eigenvalue weighted by Crippen LogP contribution is -2.59. The number of alkyl carbamates (subject to hydrolysis) is 1. The number of nitrogens with zero attached hydrogens (tertiary/aromatic N) is 4. The fourth-order valence-electron chi connectivity index (χ4n) is 5.28. The molecule has 2 aliphatic rings. The van der Waals surface area contributed by atoms with Crippen LogP contribution < -0.4 is 5.32 Å². The lowest BCUT2D eigenvalue weighted by Gasteiger charge is -2.41. The first-order chi connectivity index (χ1) is 25.9. The number of β-lactam (4-membered cyclic amide) rings is 1. The minimum absolute atomic E-state index is 0.0318. The summed E-state index contributed by atoms with van der Waals surface area (Å²) in [6, 6.07) is 16.4. The van der Waals surface area contributed by atoms with E-state index in [0.717, 1.165) is 0 Å². The first-order valence-corrected chi connectivity index (χ1v) is 17.1. The SMILES string of the molecule is O=C(NCCCCC1=C(C(=O)OCc2ccc([N+](=O)[O-])cc2)N2C(=O)[C@H](COC(=O)OCc3ccc([N+](=O)[O-])cc3)[C@H]2S1)OCc1ccc([N+](=O)[O-])cc1. The van der Waals surface area contributed by atoms with Crippen LogP contribution in [0, 0.1) is 36.3 Å². The number of nitrogens with one attached hydrogen (secondary N) is 1. The van der Waals surface area contributed by atoms with Crippen LogP contribution in [-0.2, 0) is 48.4 Å². The first kappa shape index (κ1) is 38.7. The Labute approximate surface area is 309 Å². The van der Waals surface area contributed by atoms with Gasteiger partial charge >= 0.3 is 18.2 Å². The molecule has 3 aromatic carbocycles. The van der Waals surface area contributed by atoms with Crippen LogP contribution in [0.3, 0.4) is 0 Å². The van der Waals surface area contributed by atoms with Gasteiger partial charge < -0.3 is 24.3 Å². The number of thioether (sulfide) groups is 1. The van der Waals surface area contributed by atoms with E-state index in [0.29, 0.717) is 40.9 Å². The summed E-state index contributed by atoms with van der Waals surface area (Å²) in [4.78, 5) is 83.8. The van der Waals surface area contributed by atoms with Crippen molar-refractivity contribution in [3.05, 3.63) is 130 Å². The number of carbonyl (C=O) groups is 4. The Kier molecular flexibility index (Phi) is 12.7. The summed E-state index contributed by atoms with van der Waals surface area (Å²) in [5.74, 6) is -2.07. The molecule has 20 heteroatoms. The second kappa shape index (κ2) is 17.8. The molecule has 282 valence electrons. The zero-order chi connectivity index (χ0) is 38.8. The number of carbonyl (C=O) groups excluding carboxylic acids is 4. The first-order valence-electron chi connectivity index (χ1n) is 16.2. The van der Waals surface area contributed by atoms with E-state index in [-0.39, 0.29) is 55.7 Å². The van der Waals surface area contributed by atoms with Gasteiger partial charge in [0.25, 0.3) is 17.1 Å². The monoisotopic (exact) mass is 765 g/mol. The third-order valence-corrected chi connectivity index (χ3v) is 9.60. The minimum Gasteiger partial charge on any atom is -0.456 e. The molecule has 5 rings (SSSR count). The molecule has 3 aromatic rings. The average molecular weight is 766 g/mol. The van der Waals surface area contributed by atoms with E-state index >= 15 is 0 Å². The Hall–Kier alpha value is -6.57. The number of amides is 2. The Morgan fingerprint density at radius 1 is 0.685 bits per heavy atom. The summed E-state index contributed by atoms with van der Waals surface area (Å²) >= 11 is 1.24. The maximum Gasteiger partial charge on any atom is 0.508 e. The molecule has 0 radical (unpaired) electrons. The smallest absolute Gasteiger partial charge is 0.456 e. The van der Waals surface area contributed by atoms with Crippen molar-refractivity contribution in [3.8, 4) is 0 Å². The van der Waals surface area contributed by atoms with Crippen molar-refractivity contribution < 1.29 is 52.9 Å². The van der Waals surface area contributed by atoms with Crippen molar-refractivity contribution >= 4 is 52.9 Å². The maximum atomic E-state index is 13.4. The number of nitro benzene ring substituents is 3. The van der Waals surface area contributed by atoms with Crippen molar-refractivity contribution in [2.45, 2.75) is 44.5 Å². The molecule has 2 aliphatic heterocycles. The van der Waals surface area contributed by atoms with Gasteiger partial charge in [-0.1, -0.05) is 0 Å². The molecule has 54 heavy (non-hydrogen) atoms. The van der Waals surface area contributed by atoms with Crippen LogP contribution >= 0.6 is 11.8 Å². The topological polar surface area (TPSA) is 250 Å².